The molecule has 8 nitrogen and oxygen atoms in total. The summed E-state index contributed by atoms with van der Waals surface area (Å²) in [5.41, 5.74) is 4.77. The van der Waals surface area contributed by atoms with Crippen LogP contribution < -0.4 is 10.1 Å². The largest absolute Gasteiger partial charge is 0.496 e. The number of carbonyl (C=O) groups is 1. The Morgan fingerprint density at radius 3 is 2.86 bits per heavy atom. The number of aliphatic carboxylic acids is 1. The highest BCUT2D eigenvalue weighted by Gasteiger charge is 2.37. The van der Waals surface area contributed by atoms with Gasteiger partial charge >= 0.3 is 5.97 Å². The molecule has 1 unspecified atom stereocenters. The summed E-state index contributed by atoms with van der Waals surface area (Å²) in [5, 5.41) is 13.7. The van der Waals surface area contributed by atoms with Gasteiger partial charge in [-0.25, -0.2) is 9.37 Å². The van der Waals surface area contributed by atoms with E-state index in [0.717, 1.165) is 91.0 Å². The topological polar surface area (TPSA) is 93.2 Å². The van der Waals surface area contributed by atoms with Gasteiger partial charge in [0.15, 0.2) is 0 Å². The lowest BCUT2D eigenvalue weighted by Gasteiger charge is -2.28. The number of pyridine rings is 1. The highest BCUT2D eigenvalue weighted by molar-refractivity contribution is 5.76. The molecule has 230 valence electrons. The van der Waals surface area contributed by atoms with Crippen LogP contribution in [0.3, 0.4) is 0 Å². The number of alkyl halides is 1. The Kier molecular flexibility index (Phi) is 10.7. The van der Waals surface area contributed by atoms with Gasteiger partial charge in [-0.3, -0.25) is 9.69 Å². The molecule has 2 fully saturated rings. The Labute approximate surface area is 248 Å². The molecular formula is C33H46FN3O5. The van der Waals surface area contributed by atoms with E-state index in [-0.39, 0.29) is 12.0 Å². The molecule has 0 radical (unpaired) electrons. The Bertz CT molecular complexity index is 1190. The number of unbranched alkanes of at least 4 members (excludes halogenated alkanes) is 1. The second-order valence-electron chi connectivity index (χ2n) is 12.0. The molecule has 0 spiro atoms. The van der Waals surface area contributed by atoms with Gasteiger partial charge in [0.1, 0.15) is 23.8 Å². The number of carboxylic acid groups (broad SMARTS) is 1. The van der Waals surface area contributed by atoms with Crippen molar-refractivity contribution in [3.8, 4) is 5.75 Å². The molecule has 4 heterocycles. The normalized spacial score (nSPS) is 21.0. The Morgan fingerprint density at radius 1 is 1.24 bits per heavy atom. The first-order valence-corrected chi connectivity index (χ1v) is 15.6. The molecule has 5 rings (SSSR count). The highest BCUT2D eigenvalue weighted by Crippen LogP contribution is 2.35. The molecule has 0 bridgehead atoms. The summed E-state index contributed by atoms with van der Waals surface area (Å²) < 4.78 is 32.6. The number of carboxylic acids is 1. The molecule has 2 saturated heterocycles. The quantitative estimate of drug-likeness (QED) is 0.292. The van der Waals surface area contributed by atoms with Crippen LogP contribution in [0.2, 0.25) is 0 Å². The zero-order chi connectivity index (χ0) is 29.5. The third-order valence-electron chi connectivity index (χ3n) is 9.02. The maximum absolute atomic E-state index is 15.4. The minimum atomic E-state index is -0.953. The van der Waals surface area contributed by atoms with Gasteiger partial charge in [-0.1, -0.05) is 30.2 Å². The van der Waals surface area contributed by atoms with Crippen LogP contribution in [0, 0.1) is 12.8 Å². The van der Waals surface area contributed by atoms with Crippen LogP contribution in [0.5, 0.6) is 5.75 Å². The fourth-order valence-corrected chi connectivity index (χ4v) is 6.63. The molecule has 1 aromatic carbocycles. The first-order chi connectivity index (χ1) is 20.4. The lowest BCUT2D eigenvalue weighted by molar-refractivity contribution is -0.143. The molecule has 3 aliphatic rings. The van der Waals surface area contributed by atoms with Gasteiger partial charge in [-0.2, -0.15) is 0 Å². The Hall–Kier alpha value is -2.75. The van der Waals surface area contributed by atoms with E-state index < -0.39 is 18.2 Å². The lowest BCUT2D eigenvalue weighted by atomic mass is 9.96. The number of halogens is 1. The number of benzene rings is 1. The van der Waals surface area contributed by atoms with Gasteiger partial charge in [0.05, 0.1) is 19.8 Å². The summed E-state index contributed by atoms with van der Waals surface area (Å²) in [5.74, 6) is 0.748. The molecule has 0 aliphatic carbocycles. The number of ether oxygens (including phenoxy) is 3. The van der Waals surface area contributed by atoms with Gasteiger partial charge in [-0.05, 0) is 76.0 Å². The summed E-state index contributed by atoms with van der Waals surface area (Å²) in [6, 6.07) is 7.15. The number of nitrogens with zero attached hydrogens (tertiary/aromatic N) is 2. The smallest absolute Gasteiger partial charge is 0.325 e. The van der Waals surface area contributed by atoms with Crippen LogP contribution >= 0.6 is 0 Å². The van der Waals surface area contributed by atoms with Crippen molar-refractivity contribution in [1.29, 1.82) is 0 Å². The standard InChI is InChI=1S/C33H46FN3O5/c1-22-9-10-24(21-42-26-12-16-41-17-13-26)28(18-22)31(33(38)39)37-15-11-23(20-37)29(34)8-4-3-6-25-19-30(40-2)27-7-5-14-35-32(27)36-25/h9-10,18-19,23,26,29,31H,3-8,11-17,20-21H2,1-2H3,(H,35,36)(H,38,39)/t23?,29-,31-/m0/s1. The van der Waals surface area contributed by atoms with Gasteiger partial charge in [0.25, 0.3) is 0 Å². The van der Waals surface area contributed by atoms with Crippen LogP contribution in [0.15, 0.2) is 24.3 Å². The van der Waals surface area contributed by atoms with E-state index in [0.29, 0.717) is 45.8 Å². The summed E-state index contributed by atoms with van der Waals surface area (Å²) >= 11 is 0. The molecule has 2 aromatic rings. The Morgan fingerprint density at radius 2 is 2.07 bits per heavy atom. The second kappa shape index (κ2) is 14.6. The number of hydrogen-bond acceptors (Lipinski definition) is 7. The van der Waals surface area contributed by atoms with Gasteiger partial charge in [0, 0.05) is 49.5 Å². The number of likely N-dealkylation sites (tertiary alicyclic amines) is 1. The zero-order valence-electron chi connectivity index (χ0n) is 25.1. The summed E-state index contributed by atoms with van der Waals surface area (Å²) in [7, 11) is 1.70. The fourth-order valence-electron chi connectivity index (χ4n) is 6.63. The first kappa shape index (κ1) is 30.7. The second-order valence-corrected chi connectivity index (χ2v) is 12.0. The van der Waals surface area contributed by atoms with Crippen molar-refractivity contribution in [2.24, 2.45) is 5.92 Å². The van der Waals surface area contributed by atoms with E-state index in [2.05, 4.69) is 5.32 Å². The van der Waals surface area contributed by atoms with Crippen molar-refractivity contribution < 1.29 is 28.5 Å². The van der Waals surface area contributed by atoms with E-state index in [1.54, 1.807) is 7.11 Å². The average Bonchev–Trinajstić information content (AvgIpc) is 3.48. The lowest BCUT2D eigenvalue weighted by Crippen LogP contribution is -2.34. The van der Waals surface area contributed by atoms with Gasteiger partial charge in [0.2, 0.25) is 0 Å². The maximum Gasteiger partial charge on any atom is 0.325 e. The van der Waals surface area contributed by atoms with Crippen molar-refractivity contribution >= 4 is 11.8 Å². The van der Waals surface area contributed by atoms with Gasteiger partial charge < -0.3 is 24.6 Å². The molecule has 3 atom stereocenters. The van der Waals surface area contributed by atoms with Crippen molar-refractivity contribution in [3.63, 3.8) is 0 Å². The van der Waals surface area contributed by atoms with Crippen LogP contribution in [-0.2, 0) is 33.7 Å². The SMILES string of the molecule is COc1cc(CCCC[C@H](F)C2CCN([C@H](C(=O)O)c3cc(C)ccc3COC3CCOCC3)C2)nc2c1CCCN2. The number of anilines is 1. The van der Waals surface area contributed by atoms with Crippen LogP contribution in [0.1, 0.15) is 78.9 Å². The number of rotatable bonds is 13. The molecule has 9 heteroatoms. The number of aryl methyl sites for hydroxylation is 2. The minimum Gasteiger partial charge on any atom is -0.496 e. The zero-order valence-corrected chi connectivity index (χ0v) is 25.1. The van der Waals surface area contributed by atoms with Crippen molar-refractivity contribution in [3.05, 3.63) is 52.2 Å². The average molecular weight is 584 g/mol. The summed E-state index contributed by atoms with van der Waals surface area (Å²) in [6.45, 7) is 5.67. The number of methoxy groups -OCH3 is 1. The molecule has 1 aromatic heterocycles. The van der Waals surface area contributed by atoms with E-state index in [4.69, 9.17) is 19.2 Å². The van der Waals surface area contributed by atoms with Crippen LogP contribution in [0.25, 0.3) is 0 Å². The summed E-state index contributed by atoms with van der Waals surface area (Å²) in [6.07, 6.45) is 6.46. The van der Waals surface area contributed by atoms with E-state index in [1.165, 1.54) is 0 Å². The third kappa shape index (κ3) is 7.60. The highest BCUT2D eigenvalue weighted by atomic mass is 19.1. The predicted molar refractivity (Wildman–Crippen MR) is 160 cm³/mol. The molecule has 0 amide bonds. The predicted octanol–water partition coefficient (Wildman–Crippen LogP) is 5.65. The van der Waals surface area contributed by atoms with E-state index in [9.17, 15) is 9.90 Å². The van der Waals surface area contributed by atoms with Crippen molar-refractivity contribution in [2.75, 3.05) is 45.3 Å². The van der Waals surface area contributed by atoms with Crippen molar-refractivity contribution in [2.45, 2.75) is 89.6 Å². The number of fused-ring (bicyclic) bond motifs is 1. The molecule has 2 N–H and O–H groups in total. The maximum atomic E-state index is 15.4. The van der Waals surface area contributed by atoms with Crippen LogP contribution in [-0.4, -0.2) is 73.2 Å². The fraction of sp³-hybridized carbons (Fsp3) is 0.636. The molecular weight excluding hydrogens is 537 g/mol. The molecule has 0 saturated carbocycles. The monoisotopic (exact) mass is 583 g/mol. The summed E-state index contributed by atoms with van der Waals surface area (Å²) in [4.78, 5) is 19.3. The van der Waals surface area contributed by atoms with Gasteiger partial charge in [-0.15, -0.1) is 0 Å². The Balaban J connectivity index is 1.15. The molecule has 3 aliphatic heterocycles. The van der Waals surface area contributed by atoms with Crippen molar-refractivity contribution in [1.82, 2.24) is 9.88 Å². The number of aromatic nitrogens is 1. The molecule has 42 heavy (non-hydrogen) atoms. The minimum absolute atomic E-state index is 0.126. The third-order valence-corrected chi connectivity index (χ3v) is 9.02. The number of nitrogens with one attached hydrogen (secondary N) is 1. The van der Waals surface area contributed by atoms with Crippen LogP contribution in [0.4, 0.5) is 10.2 Å². The van der Waals surface area contributed by atoms with E-state index >= 15 is 4.39 Å². The first-order valence-electron chi connectivity index (χ1n) is 15.6. The number of hydrogen-bond donors (Lipinski definition) is 2. The van der Waals surface area contributed by atoms with E-state index in [1.807, 2.05) is 36.1 Å².